The highest BCUT2D eigenvalue weighted by atomic mass is 79.9. The zero-order valence-corrected chi connectivity index (χ0v) is 10.2. The maximum absolute atomic E-state index is 11.5. The second-order valence-electron chi connectivity index (χ2n) is 3.51. The van der Waals surface area contributed by atoms with Gasteiger partial charge in [0.05, 0.1) is 0 Å². The quantitative estimate of drug-likeness (QED) is 0.808. The highest BCUT2D eigenvalue weighted by molar-refractivity contribution is 9.10. The van der Waals surface area contributed by atoms with Gasteiger partial charge in [0.2, 0.25) is 0 Å². The van der Waals surface area contributed by atoms with Gasteiger partial charge in [0.25, 0.3) is 0 Å². The zero-order chi connectivity index (χ0) is 9.84. The van der Waals surface area contributed by atoms with Gasteiger partial charge >= 0.3 is 0 Å². The Balaban J connectivity index is 2.50. The summed E-state index contributed by atoms with van der Waals surface area (Å²) in [6.07, 6.45) is 1.26. The predicted molar refractivity (Wildman–Crippen MR) is 60.2 cm³/mol. The van der Waals surface area contributed by atoms with Crippen LogP contribution >= 0.6 is 27.3 Å². The van der Waals surface area contributed by atoms with Crippen molar-refractivity contribution in [2.24, 2.45) is 5.92 Å². The molecule has 0 bridgehead atoms. The summed E-state index contributed by atoms with van der Waals surface area (Å²) in [6.45, 7) is 4.14. The second-order valence-corrected chi connectivity index (χ2v) is 5.36. The molecule has 0 saturated carbocycles. The first-order valence-electron chi connectivity index (χ1n) is 4.33. The van der Waals surface area contributed by atoms with Crippen LogP contribution in [-0.2, 0) is 11.2 Å². The Bertz CT molecular complexity index is 291. The molecule has 0 aliphatic heterocycles. The molecule has 0 aliphatic rings. The summed E-state index contributed by atoms with van der Waals surface area (Å²) in [6, 6.07) is 1.99. The fraction of sp³-hybridized carbons (Fsp3) is 0.500. The molecule has 1 aromatic rings. The summed E-state index contributed by atoms with van der Waals surface area (Å²) in [4.78, 5) is 12.6. The molecule has 0 fully saturated rings. The van der Waals surface area contributed by atoms with Crippen LogP contribution in [0.4, 0.5) is 0 Å². The smallest absolute Gasteiger partial charge is 0.138 e. The Labute approximate surface area is 91.3 Å². The van der Waals surface area contributed by atoms with Crippen LogP contribution in [0.3, 0.4) is 0 Å². The van der Waals surface area contributed by atoms with Crippen LogP contribution in [0.1, 0.15) is 25.1 Å². The number of ketones is 1. The Morgan fingerprint density at radius 1 is 1.62 bits per heavy atom. The molecule has 0 N–H and O–H groups in total. The van der Waals surface area contributed by atoms with Crippen molar-refractivity contribution in [3.63, 3.8) is 0 Å². The van der Waals surface area contributed by atoms with Crippen LogP contribution in [0.25, 0.3) is 0 Å². The molecule has 13 heavy (non-hydrogen) atoms. The Kier molecular flexibility index (Phi) is 4.13. The highest BCUT2D eigenvalue weighted by Crippen LogP contribution is 2.23. The highest BCUT2D eigenvalue weighted by Gasteiger charge is 2.09. The molecule has 0 radical (unpaired) electrons. The molecule has 72 valence electrons. The molecule has 1 heterocycles. The van der Waals surface area contributed by atoms with Crippen molar-refractivity contribution >= 4 is 33.0 Å². The number of Topliss-reactive ketones (excluding diaryl/α,β-unsaturated/α-hetero) is 1. The fourth-order valence-corrected chi connectivity index (χ4v) is 2.68. The van der Waals surface area contributed by atoms with E-state index in [4.69, 9.17) is 0 Å². The van der Waals surface area contributed by atoms with Gasteiger partial charge in [-0.15, -0.1) is 11.3 Å². The van der Waals surface area contributed by atoms with Crippen molar-refractivity contribution < 1.29 is 4.79 Å². The van der Waals surface area contributed by atoms with E-state index in [1.807, 2.05) is 11.4 Å². The van der Waals surface area contributed by atoms with Crippen molar-refractivity contribution in [1.82, 2.24) is 0 Å². The van der Waals surface area contributed by atoms with E-state index in [0.717, 1.165) is 9.35 Å². The molecule has 0 amide bonds. The van der Waals surface area contributed by atoms with Gasteiger partial charge in [-0.25, -0.2) is 0 Å². The van der Waals surface area contributed by atoms with E-state index in [9.17, 15) is 4.79 Å². The number of rotatable bonds is 4. The zero-order valence-electron chi connectivity index (χ0n) is 7.84. The van der Waals surface area contributed by atoms with Gasteiger partial charge in [-0.1, -0.05) is 13.8 Å². The van der Waals surface area contributed by atoms with Gasteiger partial charge in [-0.05, 0) is 33.3 Å². The molecule has 0 aromatic carbocycles. The van der Waals surface area contributed by atoms with Gasteiger partial charge in [0.15, 0.2) is 0 Å². The molecular weight excluding hydrogens is 248 g/mol. The lowest BCUT2D eigenvalue weighted by Gasteiger charge is -2.02. The third kappa shape index (κ3) is 3.61. The summed E-state index contributed by atoms with van der Waals surface area (Å²) in [5.41, 5.74) is 0. The van der Waals surface area contributed by atoms with E-state index in [1.54, 1.807) is 11.3 Å². The van der Waals surface area contributed by atoms with Crippen LogP contribution in [0.2, 0.25) is 0 Å². The number of hydrogen-bond donors (Lipinski definition) is 0. The minimum Gasteiger partial charge on any atom is -0.299 e. The molecule has 0 unspecified atom stereocenters. The maximum atomic E-state index is 11.5. The largest absolute Gasteiger partial charge is 0.299 e. The molecular formula is C10H13BrOS. The average molecular weight is 261 g/mol. The second kappa shape index (κ2) is 4.91. The molecule has 0 saturated heterocycles. The third-order valence-corrected chi connectivity index (χ3v) is 3.61. The minimum absolute atomic E-state index is 0.332. The summed E-state index contributed by atoms with van der Waals surface area (Å²) < 4.78 is 1.06. The van der Waals surface area contributed by atoms with Gasteiger partial charge in [-0.2, -0.15) is 0 Å². The molecule has 1 nitrogen and oxygen atoms in total. The van der Waals surface area contributed by atoms with Crippen LogP contribution < -0.4 is 0 Å². The van der Waals surface area contributed by atoms with E-state index in [-0.39, 0.29) is 0 Å². The average Bonchev–Trinajstić information content (AvgIpc) is 2.34. The van der Waals surface area contributed by atoms with Crippen LogP contribution in [-0.4, -0.2) is 5.78 Å². The lowest BCUT2D eigenvalue weighted by atomic mass is 10.0. The van der Waals surface area contributed by atoms with E-state index in [0.29, 0.717) is 24.5 Å². The molecule has 3 heteroatoms. The minimum atomic E-state index is 0.332. The molecule has 0 aliphatic carbocycles. The van der Waals surface area contributed by atoms with E-state index in [2.05, 4.69) is 29.8 Å². The van der Waals surface area contributed by atoms with Crippen LogP contribution in [0.5, 0.6) is 0 Å². The van der Waals surface area contributed by atoms with Gasteiger partial charge in [-0.3, -0.25) is 4.79 Å². The number of halogens is 1. The number of carbonyl (C=O) groups excluding carboxylic acids is 1. The van der Waals surface area contributed by atoms with Crippen LogP contribution in [0.15, 0.2) is 15.9 Å². The van der Waals surface area contributed by atoms with Crippen LogP contribution in [0, 0.1) is 5.92 Å². The van der Waals surface area contributed by atoms with Gasteiger partial charge < -0.3 is 0 Å². The maximum Gasteiger partial charge on any atom is 0.138 e. The third-order valence-electron chi connectivity index (χ3n) is 1.68. The summed E-state index contributed by atoms with van der Waals surface area (Å²) in [5, 5.41) is 2.00. The standard InChI is InChI=1S/C10H13BrOS/c1-7(2)5-8(12)6-10-9(11)3-4-13-10/h3-4,7H,5-6H2,1-2H3. The SMILES string of the molecule is CC(C)CC(=O)Cc1sccc1Br. The van der Waals surface area contributed by atoms with Gasteiger partial charge in [0, 0.05) is 22.2 Å². The number of thiophene rings is 1. The molecule has 0 atom stereocenters. The van der Waals surface area contributed by atoms with Crippen molar-refractivity contribution in [2.75, 3.05) is 0 Å². The Morgan fingerprint density at radius 2 is 2.31 bits per heavy atom. The topological polar surface area (TPSA) is 17.1 Å². The Morgan fingerprint density at radius 3 is 2.77 bits per heavy atom. The fourth-order valence-electron chi connectivity index (χ4n) is 1.16. The van der Waals surface area contributed by atoms with Crippen molar-refractivity contribution in [3.8, 4) is 0 Å². The van der Waals surface area contributed by atoms with Crippen molar-refractivity contribution in [2.45, 2.75) is 26.7 Å². The first kappa shape index (κ1) is 10.9. The molecule has 0 spiro atoms. The monoisotopic (exact) mass is 260 g/mol. The lowest BCUT2D eigenvalue weighted by molar-refractivity contribution is -0.119. The van der Waals surface area contributed by atoms with Gasteiger partial charge in [0.1, 0.15) is 5.78 Å². The van der Waals surface area contributed by atoms with Crippen molar-refractivity contribution in [3.05, 3.63) is 20.8 Å². The lowest BCUT2D eigenvalue weighted by Crippen LogP contribution is -2.05. The molecule has 1 rings (SSSR count). The molecule has 1 aromatic heterocycles. The van der Waals surface area contributed by atoms with Crippen molar-refractivity contribution in [1.29, 1.82) is 0 Å². The van der Waals surface area contributed by atoms with E-state index < -0.39 is 0 Å². The number of hydrogen-bond acceptors (Lipinski definition) is 2. The Hall–Kier alpha value is -0.150. The predicted octanol–water partition coefficient (Wildman–Crippen LogP) is 3.67. The van der Waals surface area contributed by atoms with E-state index >= 15 is 0 Å². The number of carbonyl (C=O) groups is 1. The summed E-state index contributed by atoms with van der Waals surface area (Å²) in [7, 11) is 0. The normalized spacial score (nSPS) is 10.8. The first-order chi connectivity index (χ1) is 6.09. The summed E-state index contributed by atoms with van der Waals surface area (Å²) >= 11 is 5.06. The summed E-state index contributed by atoms with van der Waals surface area (Å²) in [5.74, 6) is 0.796. The van der Waals surface area contributed by atoms with E-state index in [1.165, 1.54) is 0 Å². The first-order valence-corrected chi connectivity index (χ1v) is 6.00.